The quantitative estimate of drug-likeness (QED) is 0.449. The molecule has 0 spiro atoms. The molecule has 2 aromatic carbocycles. The molecule has 3 aromatic rings. The van der Waals surface area contributed by atoms with Crippen molar-refractivity contribution in [2.75, 3.05) is 0 Å². The number of rotatable bonds is 3. The topological polar surface area (TPSA) is 67.2 Å². The van der Waals surface area contributed by atoms with Crippen molar-refractivity contribution in [3.05, 3.63) is 67.8 Å². The summed E-state index contributed by atoms with van der Waals surface area (Å²) in [6.45, 7) is 0. The Bertz CT molecular complexity index is 1160. The van der Waals surface area contributed by atoms with Gasteiger partial charge in [-0.1, -0.05) is 58.3 Å². The number of halogens is 4. The third-order valence-electron chi connectivity index (χ3n) is 3.71. The van der Waals surface area contributed by atoms with Gasteiger partial charge in [0.25, 0.3) is 5.91 Å². The van der Waals surface area contributed by atoms with E-state index >= 15 is 0 Å². The molecule has 29 heavy (non-hydrogen) atoms. The highest BCUT2D eigenvalue weighted by atomic mass is 35.5. The van der Waals surface area contributed by atoms with Crippen LogP contribution in [0, 0.1) is 5.82 Å². The highest BCUT2D eigenvalue weighted by Crippen LogP contribution is 2.36. The summed E-state index contributed by atoms with van der Waals surface area (Å²) in [7, 11) is 0. The van der Waals surface area contributed by atoms with E-state index in [1.165, 1.54) is 12.1 Å². The molecule has 1 aliphatic heterocycles. The van der Waals surface area contributed by atoms with Crippen molar-refractivity contribution in [3.63, 3.8) is 0 Å². The molecular formula is C18H8Cl3FN4OS2. The number of nitrogens with one attached hydrogen (secondary N) is 1. The number of nitrogens with zero attached hydrogens (tertiary/aromatic N) is 3. The minimum Gasteiger partial charge on any atom is -0.300 e. The van der Waals surface area contributed by atoms with Crippen molar-refractivity contribution >= 4 is 80.2 Å². The Kier molecular flexibility index (Phi) is 5.89. The lowest BCUT2D eigenvalue weighted by Gasteiger charge is -2.01. The van der Waals surface area contributed by atoms with Gasteiger partial charge in [0.1, 0.15) is 5.82 Å². The molecule has 0 radical (unpaired) electrons. The minimum atomic E-state index is -0.502. The van der Waals surface area contributed by atoms with E-state index < -0.39 is 5.82 Å². The van der Waals surface area contributed by atoms with Crippen LogP contribution < -0.4 is 5.32 Å². The first kappa shape index (κ1) is 20.3. The van der Waals surface area contributed by atoms with E-state index in [2.05, 4.69) is 20.5 Å². The number of carbonyl (C=O) groups excluding carboxylic acids is 1. The van der Waals surface area contributed by atoms with Gasteiger partial charge < -0.3 is 5.32 Å². The van der Waals surface area contributed by atoms with Crippen molar-refractivity contribution in [2.45, 2.75) is 0 Å². The molecule has 4 rings (SSSR count). The van der Waals surface area contributed by atoms with Gasteiger partial charge in [-0.15, -0.1) is 10.2 Å². The molecule has 0 bridgehead atoms. The second kappa shape index (κ2) is 8.41. The first-order valence-corrected chi connectivity index (χ1v) is 10.7. The highest BCUT2D eigenvalue weighted by molar-refractivity contribution is 8.18. The molecule has 11 heteroatoms. The van der Waals surface area contributed by atoms with Gasteiger partial charge in [-0.3, -0.25) is 4.79 Å². The van der Waals surface area contributed by atoms with E-state index in [4.69, 9.17) is 34.8 Å². The number of hydrogen-bond donors (Lipinski definition) is 1. The molecule has 1 N–H and O–H groups in total. The van der Waals surface area contributed by atoms with Gasteiger partial charge in [0, 0.05) is 15.6 Å². The summed E-state index contributed by atoms with van der Waals surface area (Å²) in [5.74, 6) is -0.843. The summed E-state index contributed by atoms with van der Waals surface area (Å²) in [6, 6.07) is 9.45. The van der Waals surface area contributed by atoms with E-state index in [0.717, 1.165) is 23.1 Å². The largest absolute Gasteiger partial charge is 0.300 e. The number of benzene rings is 2. The van der Waals surface area contributed by atoms with Crippen LogP contribution in [-0.2, 0) is 4.79 Å². The van der Waals surface area contributed by atoms with Crippen molar-refractivity contribution in [1.82, 2.24) is 15.5 Å². The number of aliphatic imine (C=N–C) groups is 1. The van der Waals surface area contributed by atoms with Gasteiger partial charge in [-0.25, -0.2) is 4.39 Å². The number of hydrogen-bond acceptors (Lipinski definition) is 6. The number of amides is 1. The van der Waals surface area contributed by atoms with Crippen molar-refractivity contribution in [3.8, 4) is 10.6 Å². The van der Waals surface area contributed by atoms with Gasteiger partial charge in [0.05, 0.1) is 15.5 Å². The summed E-state index contributed by atoms with van der Waals surface area (Å²) in [4.78, 5) is 16.9. The lowest BCUT2D eigenvalue weighted by Crippen LogP contribution is -2.19. The fraction of sp³-hybridized carbons (Fsp3) is 0. The zero-order chi connectivity index (χ0) is 20.5. The van der Waals surface area contributed by atoms with Crippen LogP contribution in [0.15, 0.2) is 46.3 Å². The Morgan fingerprint density at radius 3 is 2.45 bits per heavy atom. The average molecular weight is 486 g/mol. The Morgan fingerprint density at radius 2 is 1.72 bits per heavy atom. The molecule has 0 aliphatic carbocycles. The fourth-order valence-electron chi connectivity index (χ4n) is 2.41. The number of thioether (sulfide) groups is 1. The zero-order valence-electron chi connectivity index (χ0n) is 14.1. The first-order valence-electron chi connectivity index (χ1n) is 7.94. The highest BCUT2D eigenvalue weighted by Gasteiger charge is 2.25. The predicted octanol–water partition coefficient (Wildman–Crippen LogP) is 6.20. The molecule has 1 aromatic heterocycles. The van der Waals surface area contributed by atoms with E-state index in [0.29, 0.717) is 30.7 Å². The minimum absolute atomic E-state index is 0.162. The predicted molar refractivity (Wildman–Crippen MR) is 118 cm³/mol. The summed E-state index contributed by atoms with van der Waals surface area (Å²) >= 11 is 20.5. The Balaban J connectivity index is 1.60. The van der Waals surface area contributed by atoms with Crippen molar-refractivity contribution < 1.29 is 9.18 Å². The van der Waals surface area contributed by atoms with Crippen LogP contribution in [0.5, 0.6) is 0 Å². The summed E-state index contributed by atoms with van der Waals surface area (Å²) in [5.41, 5.74) is 0.706. The normalized spacial score (nSPS) is 16.6. The smallest absolute Gasteiger partial charge is 0.264 e. The lowest BCUT2D eigenvalue weighted by atomic mass is 10.2. The maximum absolute atomic E-state index is 14.1. The average Bonchev–Trinajstić information content (AvgIpc) is 3.25. The molecule has 1 fully saturated rings. The van der Waals surface area contributed by atoms with E-state index in [1.807, 2.05) is 0 Å². The van der Waals surface area contributed by atoms with Crippen molar-refractivity contribution in [1.29, 1.82) is 0 Å². The van der Waals surface area contributed by atoms with Crippen LogP contribution in [0.1, 0.15) is 5.56 Å². The molecule has 2 heterocycles. The summed E-state index contributed by atoms with van der Waals surface area (Å²) in [5, 5.41) is 12.5. The van der Waals surface area contributed by atoms with Crippen LogP contribution >= 0.6 is 57.9 Å². The molecule has 0 atom stereocenters. The third-order valence-corrected chi connectivity index (χ3v) is 6.43. The third kappa shape index (κ3) is 4.31. The zero-order valence-corrected chi connectivity index (χ0v) is 18.0. The summed E-state index contributed by atoms with van der Waals surface area (Å²) < 4.78 is 14.1. The van der Waals surface area contributed by atoms with Crippen LogP contribution in [0.3, 0.4) is 0 Å². The monoisotopic (exact) mass is 484 g/mol. The van der Waals surface area contributed by atoms with Gasteiger partial charge >= 0.3 is 0 Å². The van der Waals surface area contributed by atoms with E-state index in [1.54, 1.807) is 30.3 Å². The second-order valence-corrected chi connectivity index (χ2v) is 8.81. The molecule has 5 nitrogen and oxygen atoms in total. The van der Waals surface area contributed by atoms with Gasteiger partial charge in [0.2, 0.25) is 5.13 Å². The SMILES string of the molecule is O=C1NC(=Nc2nnc(-c3c(F)cccc3Cl)s2)SC1=Cc1c(Cl)cccc1Cl. The van der Waals surface area contributed by atoms with Crippen molar-refractivity contribution in [2.24, 2.45) is 4.99 Å². The maximum Gasteiger partial charge on any atom is 0.264 e. The van der Waals surface area contributed by atoms with Gasteiger partial charge in [0.15, 0.2) is 10.2 Å². The Hall–Kier alpha value is -1.97. The Morgan fingerprint density at radius 1 is 1.03 bits per heavy atom. The molecule has 1 amide bonds. The van der Waals surface area contributed by atoms with Crippen LogP contribution in [0.25, 0.3) is 16.6 Å². The van der Waals surface area contributed by atoms with E-state index in [9.17, 15) is 9.18 Å². The molecular weight excluding hydrogens is 478 g/mol. The first-order chi connectivity index (χ1) is 13.9. The van der Waals surface area contributed by atoms with Gasteiger partial charge in [-0.05, 0) is 42.1 Å². The second-order valence-electron chi connectivity index (χ2n) is 5.60. The van der Waals surface area contributed by atoms with Crippen LogP contribution in [0.2, 0.25) is 15.1 Å². The molecule has 146 valence electrons. The molecule has 0 unspecified atom stereocenters. The van der Waals surface area contributed by atoms with Crippen LogP contribution in [0.4, 0.5) is 9.52 Å². The lowest BCUT2D eigenvalue weighted by molar-refractivity contribution is -0.115. The summed E-state index contributed by atoms with van der Waals surface area (Å²) in [6.07, 6.45) is 1.60. The fourth-order valence-corrected chi connectivity index (χ4v) is 4.87. The Labute approximate surface area is 187 Å². The maximum atomic E-state index is 14.1. The number of aromatic nitrogens is 2. The molecule has 1 saturated heterocycles. The van der Waals surface area contributed by atoms with E-state index in [-0.39, 0.29) is 21.6 Å². The molecule has 1 aliphatic rings. The molecule has 0 saturated carbocycles. The van der Waals surface area contributed by atoms with Crippen LogP contribution in [-0.4, -0.2) is 21.3 Å². The van der Waals surface area contributed by atoms with Gasteiger partial charge in [-0.2, -0.15) is 4.99 Å². The standard InChI is InChI=1S/C18H8Cl3FN4OS2/c19-9-3-1-4-10(20)8(9)7-13-15(27)23-17(28-13)24-18-26-25-16(29-18)14-11(21)5-2-6-12(14)22/h1-7H,(H,23,24,26,27). The number of amidine groups is 1. The number of carbonyl (C=O) groups is 1.